The minimum atomic E-state index is -0.330. The van der Waals surface area contributed by atoms with E-state index in [1.165, 1.54) is 4.68 Å². The van der Waals surface area contributed by atoms with E-state index in [2.05, 4.69) is 26.1 Å². The first-order chi connectivity index (χ1) is 12.7. The highest BCUT2D eigenvalue weighted by atomic mass is 16.2. The zero-order chi connectivity index (χ0) is 18.1. The van der Waals surface area contributed by atoms with Gasteiger partial charge in [-0.15, -0.1) is 0 Å². The molecule has 0 radical (unpaired) electrons. The van der Waals surface area contributed by atoms with Gasteiger partial charge in [0.1, 0.15) is 0 Å². The molecule has 0 spiro atoms. The zero-order valence-corrected chi connectivity index (χ0v) is 14.0. The number of hydrogen-bond donors (Lipinski definition) is 2. The molecule has 132 valence electrons. The summed E-state index contributed by atoms with van der Waals surface area (Å²) in [6.07, 6.45) is 7.11. The summed E-state index contributed by atoms with van der Waals surface area (Å²) in [6.45, 7) is 1.33. The van der Waals surface area contributed by atoms with E-state index in [0.717, 1.165) is 24.0 Å². The number of nitriles is 1. The zero-order valence-electron chi connectivity index (χ0n) is 14.0. The van der Waals surface area contributed by atoms with Crippen molar-refractivity contribution in [2.45, 2.75) is 19.3 Å². The molecule has 1 aliphatic rings. The summed E-state index contributed by atoms with van der Waals surface area (Å²) in [5.41, 5.74) is 2.19. The normalized spacial score (nSPS) is 16.9. The number of H-pyrrole nitrogens is 2. The number of amides is 1. The molecule has 1 atom stereocenters. The van der Waals surface area contributed by atoms with E-state index in [4.69, 9.17) is 5.26 Å². The summed E-state index contributed by atoms with van der Waals surface area (Å²) in [5.74, 6) is 0.374. The molecule has 4 heterocycles. The number of pyridine rings is 1. The third-order valence-corrected chi connectivity index (χ3v) is 4.73. The second-order valence-corrected chi connectivity index (χ2v) is 6.41. The predicted molar refractivity (Wildman–Crippen MR) is 93.3 cm³/mol. The predicted octanol–water partition coefficient (Wildman–Crippen LogP) is 1.71. The fourth-order valence-corrected chi connectivity index (χ4v) is 3.40. The molecule has 26 heavy (non-hydrogen) atoms. The average Bonchev–Trinajstić information content (AvgIpc) is 3.37. The van der Waals surface area contributed by atoms with Crippen molar-refractivity contribution in [3.05, 3.63) is 35.1 Å². The highest BCUT2D eigenvalue weighted by Crippen LogP contribution is 2.25. The van der Waals surface area contributed by atoms with Crippen LogP contribution in [0.3, 0.4) is 0 Å². The Morgan fingerprint density at radius 3 is 3.15 bits per heavy atom. The Morgan fingerprint density at radius 1 is 1.42 bits per heavy atom. The Labute approximate surface area is 148 Å². The Hall–Kier alpha value is -3.41. The van der Waals surface area contributed by atoms with Gasteiger partial charge in [-0.25, -0.2) is 14.6 Å². The first kappa shape index (κ1) is 16.1. The highest BCUT2D eigenvalue weighted by molar-refractivity contribution is 5.89. The Kier molecular flexibility index (Phi) is 4.01. The molecular weight excluding hydrogens is 334 g/mol. The second kappa shape index (κ2) is 6.48. The smallest absolute Gasteiger partial charge is 0.323 e. The molecule has 0 saturated carbocycles. The van der Waals surface area contributed by atoms with Gasteiger partial charge in [-0.3, -0.25) is 4.98 Å². The average molecular weight is 351 g/mol. The number of rotatable bonds is 3. The summed E-state index contributed by atoms with van der Waals surface area (Å²) >= 11 is 0. The van der Waals surface area contributed by atoms with Crippen molar-refractivity contribution in [3.8, 4) is 17.2 Å². The largest absolute Gasteiger partial charge is 0.344 e. The molecular formula is C17H17N7O2. The van der Waals surface area contributed by atoms with Crippen LogP contribution in [0.2, 0.25) is 0 Å². The number of imidazole rings is 1. The fraction of sp³-hybridized carbons (Fsp3) is 0.353. The van der Waals surface area contributed by atoms with E-state index in [9.17, 15) is 9.59 Å². The molecule has 1 fully saturated rings. The third kappa shape index (κ3) is 2.86. The maximum absolute atomic E-state index is 12.7. The molecule has 3 aromatic rings. The number of carbonyl (C=O) groups is 1. The van der Waals surface area contributed by atoms with Crippen LogP contribution in [0.1, 0.15) is 19.3 Å². The van der Waals surface area contributed by atoms with E-state index in [0.29, 0.717) is 36.6 Å². The SMILES string of the molecule is N#CCCC1CCN(C(=O)n2cc(-c3ccnc4[nH]c(=O)[nH]c34)cn2)C1. The number of fused-ring (bicyclic) bond motifs is 1. The van der Waals surface area contributed by atoms with Crippen molar-refractivity contribution in [1.29, 1.82) is 5.26 Å². The molecule has 1 saturated heterocycles. The minimum absolute atomic E-state index is 0.177. The van der Waals surface area contributed by atoms with Crippen LogP contribution in [0.4, 0.5) is 4.79 Å². The lowest BCUT2D eigenvalue weighted by Crippen LogP contribution is -2.33. The topological polar surface area (TPSA) is 123 Å². The molecule has 9 nitrogen and oxygen atoms in total. The van der Waals surface area contributed by atoms with Crippen LogP contribution in [0.5, 0.6) is 0 Å². The van der Waals surface area contributed by atoms with Crippen LogP contribution in [0.15, 0.2) is 29.5 Å². The van der Waals surface area contributed by atoms with Crippen LogP contribution < -0.4 is 5.69 Å². The van der Waals surface area contributed by atoms with E-state index < -0.39 is 0 Å². The van der Waals surface area contributed by atoms with Crippen LogP contribution in [-0.4, -0.2) is 48.8 Å². The van der Waals surface area contributed by atoms with Crippen molar-refractivity contribution < 1.29 is 4.79 Å². The van der Waals surface area contributed by atoms with Crippen molar-refractivity contribution in [3.63, 3.8) is 0 Å². The Balaban J connectivity index is 1.55. The first-order valence-corrected chi connectivity index (χ1v) is 8.44. The second-order valence-electron chi connectivity index (χ2n) is 6.41. The van der Waals surface area contributed by atoms with Crippen LogP contribution in [0, 0.1) is 17.2 Å². The lowest BCUT2D eigenvalue weighted by atomic mass is 10.0. The molecule has 0 aromatic carbocycles. The summed E-state index contributed by atoms with van der Waals surface area (Å²) in [4.78, 5) is 35.4. The molecule has 1 unspecified atom stereocenters. The summed E-state index contributed by atoms with van der Waals surface area (Å²) in [5, 5.41) is 12.9. The van der Waals surface area contributed by atoms with Gasteiger partial charge in [0.2, 0.25) is 0 Å². The van der Waals surface area contributed by atoms with Gasteiger partial charge in [-0.05, 0) is 24.8 Å². The molecule has 1 amide bonds. The molecule has 3 aromatic heterocycles. The number of hydrogen-bond acceptors (Lipinski definition) is 5. The monoisotopic (exact) mass is 351 g/mol. The molecule has 9 heteroatoms. The van der Waals surface area contributed by atoms with Crippen molar-refractivity contribution in [2.24, 2.45) is 5.92 Å². The van der Waals surface area contributed by atoms with Gasteiger partial charge in [0.15, 0.2) is 5.65 Å². The van der Waals surface area contributed by atoms with Crippen molar-refractivity contribution in [2.75, 3.05) is 13.1 Å². The van der Waals surface area contributed by atoms with Gasteiger partial charge >= 0.3 is 11.7 Å². The standard InChI is InChI=1S/C17H17N7O2/c18-5-1-2-11-4-7-23(9-11)17(26)24-10-12(8-20-24)13-3-6-19-15-14(13)21-16(25)22-15/h3,6,8,10-11H,1-2,4,7,9H2,(H2,19,21,22,25). The molecule has 1 aliphatic heterocycles. The van der Waals surface area contributed by atoms with Crippen molar-refractivity contribution in [1.82, 2.24) is 29.6 Å². The first-order valence-electron chi connectivity index (χ1n) is 8.44. The molecule has 0 aliphatic carbocycles. The number of aromatic nitrogens is 5. The number of nitrogens with one attached hydrogen (secondary N) is 2. The summed E-state index contributed by atoms with van der Waals surface area (Å²) in [7, 11) is 0. The van der Waals surface area contributed by atoms with Gasteiger partial charge in [0.25, 0.3) is 0 Å². The van der Waals surface area contributed by atoms with E-state index >= 15 is 0 Å². The van der Waals surface area contributed by atoms with Gasteiger partial charge in [-0.1, -0.05) is 0 Å². The number of carbonyl (C=O) groups excluding carboxylic acids is 1. The fourth-order valence-electron chi connectivity index (χ4n) is 3.40. The molecule has 4 rings (SSSR count). The number of nitrogens with zero attached hydrogens (tertiary/aromatic N) is 5. The Bertz CT molecular complexity index is 1050. The maximum atomic E-state index is 12.7. The molecule has 2 N–H and O–H groups in total. The maximum Gasteiger partial charge on any atom is 0.344 e. The highest BCUT2D eigenvalue weighted by Gasteiger charge is 2.27. The summed E-state index contributed by atoms with van der Waals surface area (Å²) in [6, 6.07) is 3.75. The van der Waals surface area contributed by atoms with Crippen LogP contribution in [0.25, 0.3) is 22.3 Å². The number of aromatic amines is 2. The lowest BCUT2D eigenvalue weighted by molar-refractivity contribution is 0.205. The number of likely N-dealkylation sites (tertiary alicyclic amines) is 1. The van der Waals surface area contributed by atoms with Gasteiger partial charge in [-0.2, -0.15) is 15.0 Å². The quantitative estimate of drug-likeness (QED) is 0.743. The van der Waals surface area contributed by atoms with Gasteiger partial charge in [0.05, 0.1) is 17.8 Å². The van der Waals surface area contributed by atoms with E-state index in [-0.39, 0.29) is 11.7 Å². The van der Waals surface area contributed by atoms with Crippen molar-refractivity contribution >= 4 is 17.2 Å². The lowest BCUT2D eigenvalue weighted by Gasteiger charge is -2.15. The van der Waals surface area contributed by atoms with Crippen LogP contribution in [-0.2, 0) is 0 Å². The molecule has 0 bridgehead atoms. The van der Waals surface area contributed by atoms with E-state index in [1.54, 1.807) is 29.6 Å². The van der Waals surface area contributed by atoms with E-state index in [1.807, 2.05) is 0 Å². The van der Waals surface area contributed by atoms with Crippen LogP contribution >= 0.6 is 0 Å². The minimum Gasteiger partial charge on any atom is -0.323 e. The van der Waals surface area contributed by atoms with Gasteiger partial charge in [0, 0.05) is 43.0 Å². The van der Waals surface area contributed by atoms with Gasteiger partial charge < -0.3 is 9.88 Å². The summed E-state index contributed by atoms with van der Waals surface area (Å²) < 4.78 is 1.32. The Morgan fingerprint density at radius 2 is 2.31 bits per heavy atom. The third-order valence-electron chi connectivity index (χ3n) is 4.73.